The van der Waals surface area contributed by atoms with Gasteiger partial charge in [0.1, 0.15) is 6.54 Å². The summed E-state index contributed by atoms with van der Waals surface area (Å²) >= 11 is 5.87. The van der Waals surface area contributed by atoms with Crippen molar-refractivity contribution in [1.82, 2.24) is 19.3 Å². The van der Waals surface area contributed by atoms with Gasteiger partial charge in [-0.25, -0.2) is 9.78 Å². The van der Waals surface area contributed by atoms with Gasteiger partial charge in [0.15, 0.2) is 11.5 Å². The van der Waals surface area contributed by atoms with Crippen LogP contribution < -0.4 is 5.32 Å². The number of carbonyl (C=O) groups is 2. The normalized spacial score (nSPS) is 11.2. The molecule has 0 spiro atoms. The largest absolute Gasteiger partial charge is 0.478 e. The molecule has 0 saturated carbocycles. The van der Waals surface area contributed by atoms with E-state index in [-0.39, 0.29) is 39.9 Å². The number of hydrogen-bond acceptors (Lipinski definition) is 4. The van der Waals surface area contributed by atoms with E-state index >= 15 is 0 Å². The van der Waals surface area contributed by atoms with Gasteiger partial charge in [-0.15, -0.1) is 6.42 Å². The van der Waals surface area contributed by atoms with E-state index in [0.717, 1.165) is 17.1 Å². The van der Waals surface area contributed by atoms with Gasteiger partial charge in [0.05, 0.1) is 28.0 Å². The first-order chi connectivity index (χ1) is 14.5. The molecule has 2 N–H and O–H groups in total. The molecule has 2 heterocycles. The molecule has 12 heteroatoms. The van der Waals surface area contributed by atoms with E-state index in [1.165, 1.54) is 29.8 Å². The molecule has 8 nitrogen and oxygen atoms in total. The van der Waals surface area contributed by atoms with E-state index < -0.39 is 23.7 Å². The molecule has 0 bridgehead atoms. The zero-order chi connectivity index (χ0) is 22.9. The third-order valence-corrected chi connectivity index (χ3v) is 4.52. The van der Waals surface area contributed by atoms with Crippen LogP contribution in [0.1, 0.15) is 26.7 Å². The summed E-state index contributed by atoms with van der Waals surface area (Å²) in [5.74, 6) is 0.0464. The number of carbonyl (C=O) groups excluding carboxylic acids is 1. The molecule has 0 aliphatic carbocycles. The number of amides is 1. The highest BCUT2D eigenvalue weighted by atomic mass is 35.5. The number of imidazole rings is 1. The number of hydrogen-bond donors (Lipinski definition) is 2. The molecule has 0 aliphatic rings. The number of rotatable bonds is 5. The second-order valence-corrected chi connectivity index (χ2v) is 6.68. The Bertz CT molecular complexity index is 1220. The maximum Gasteiger partial charge on any atom is 0.435 e. The average molecular weight is 452 g/mol. The molecule has 31 heavy (non-hydrogen) atoms. The first-order valence-electron chi connectivity index (χ1n) is 8.47. The topological polar surface area (TPSA) is 102 Å². The van der Waals surface area contributed by atoms with Gasteiger partial charge < -0.3 is 15.0 Å². The maximum atomic E-state index is 13.4. The predicted octanol–water partition coefficient (Wildman–Crippen LogP) is 3.54. The molecule has 1 aromatic carbocycles. The first-order valence-corrected chi connectivity index (χ1v) is 8.85. The summed E-state index contributed by atoms with van der Waals surface area (Å²) in [7, 11) is 1.37. The maximum absolute atomic E-state index is 13.4. The summed E-state index contributed by atoms with van der Waals surface area (Å²) in [5.41, 5.74) is -1.41. The fourth-order valence-corrected chi connectivity index (χ4v) is 3.08. The van der Waals surface area contributed by atoms with Gasteiger partial charge in [0, 0.05) is 18.9 Å². The minimum absolute atomic E-state index is 0.00000367. The lowest BCUT2D eigenvalue weighted by Crippen LogP contribution is -2.17. The number of aromatic carboxylic acids is 1. The Morgan fingerprint density at radius 2 is 2.06 bits per heavy atom. The van der Waals surface area contributed by atoms with Crippen molar-refractivity contribution in [2.24, 2.45) is 7.05 Å². The van der Waals surface area contributed by atoms with Gasteiger partial charge in [-0.2, -0.15) is 18.3 Å². The number of nitrogens with zero attached hydrogens (tertiary/aromatic N) is 4. The number of benzene rings is 1. The number of nitrogens with one attached hydrogen (secondary N) is 1. The van der Waals surface area contributed by atoms with Gasteiger partial charge in [-0.3, -0.25) is 9.48 Å². The van der Waals surface area contributed by atoms with Crippen molar-refractivity contribution in [2.45, 2.75) is 12.7 Å². The molecule has 3 rings (SSSR count). The van der Waals surface area contributed by atoms with Gasteiger partial charge in [0.25, 0.3) is 5.91 Å². The summed E-state index contributed by atoms with van der Waals surface area (Å²) in [6, 6.07) is 3.76. The third-order valence-electron chi connectivity index (χ3n) is 4.21. The Morgan fingerprint density at radius 3 is 2.65 bits per heavy atom. The van der Waals surface area contributed by atoms with Crippen LogP contribution in [-0.2, 0) is 19.8 Å². The fourth-order valence-electron chi connectivity index (χ4n) is 2.82. The number of halogens is 4. The van der Waals surface area contributed by atoms with Crippen molar-refractivity contribution in [2.75, 3.05) is 5.32 Å². The Hall–Kier alpha value is -3.78. The third kappa shape index (κ3) is 4.39. The van der Waals surface area contributed by atoms with Gasteiger partial charge >= 0.3 is 12.1 Å². The molecule has 0 radical (unpaired) electrons. The average Bonchev–Trinajstić information content (AvgIpc) is 3.25. The van der Waals surface area contributed by atoms with E-state index in [2.05, 4.69) is 21.3 Å². The van der Waals surface area contributed by atoms with Crippen LogP contribution in [0.3, 0.4) is 0 Å². The Balaban J connectivity index is 1.94. The number of alkyl halides is 3. The highest BCUT2D eigenvalue weighted by molar-refractivity contribution is 6.33. The molecule has 0 saturated heterocycles. The molecule has 0 unspecified atom stereocenters. The summed E-state index contributed by atoms with van der Waals surface area (Å²) in [4.78, 5) is 27.5. The van der Waals surface area contributed by atoms with E-state index in [9.17, 15) is 22.8 Å². The minimum atomic E-state index is -4.75. The number of carboxylic acid groups (broad SMARTS) is 1. The molecular formula is C19H13ClF3N5O3. The van der Waals surface area contributed by atoms with Crippen LogP contribution in [0, 0.1) is 12.3 Å². The monoisotopic (exact) mass is 451 g/mol. The number of anilines is 1. The number of carboxylic acids is 1. The zero-order valence-electron chi connectivity index (χ0n) is 15.7. The van der Waals surface area contributed by atoms with E-state index in [0.29, 0.717) is 0 Å². The lowest BCUT2D eigenvalue weighted by Gasteiger charge is -2.09. The smallest absolute Gasteiger partial charge is 0.435 e. The van der Waals surface area contributed by atoms with Crippen molar-refractivity contribution in [3.05, 3.63) is 52.7 Å². The highest BCUT2D eigenvalue weighted by Crippen LogP contribution is 2.36. The van der Waals surface area contributed by atoms with E-state index in [1.807, 2.05) is 0 Å². The van der Waals surface area contributed by atoms with Crippen LogP contribution in [0.4, 0.5) is 18.9 Å². The fraction of sp³-hybridized carbons (Fsp3) is 0.158. The summed E-state index contributed by atoms with van der Waals surface area (Å²) in [5, 5.41) is 14.9. The molecule has 0 atom stereocenters. The standard InChI is InChI=1S/C19H13ClF3N5O3/c1-3-6-28-9-12(15(26-28)19(21,22)23)14-8-24-16(27(14)2)17(29)25-10-4-5-11(18(30)31)13(20)7-10/h1,4-5,7-9H,6H2,2H3,(H,25,29)(H,30,31). The number of aromatic nitrogens is 4. The lowest BCUT2D eigenvalue weighted by molar-refractivity contribution is -0.141. The zero-order valence-corrected chi connectivity index (χ0v) is 16.5. The van der Waals surface area contributed by atoms with E-state index in [1.54, 1.807) is 0 Å². The second kappa shape index (κ2) is 8.16. The van der Waals surface area contributed by atoms with Crippen molar-refractivity contribution in [1.29, 1.82) is 0 Å². The lowest BCUT2D eigenvalue weighted by atomic mass is 10.2. The van der Waals surface area contributed by atoms with Gasteiger partial charge in [-0.05, 0) is 18.2 Å². The van der Waals surface area contributed by atoms with Crippen molar-refractivity contribution in [3.8, 4) is 23.6 Å². The molecule has 160 valence electrons. The van der Waals surface area contributed by atoms with Crippen molar-refractivity contribution in [3.63, 3.8) is 0 Å². The summed E-state index contributed by atoms with van der Waals surface area (Å²) < 4.78 is 42.4. The van der Waals surface area contributed by atoms with Crippen LogP contribution in [0.25, 0.3) is 11.3 Å². The van der Waals surface area contributed by atoms with Gasteiger partial charge in [-0.1, -0.05) is 17.5 Å². The molecule has 1 amide bonds. The highest BCUT2D eigenvalue weighted by Gasteiger charge is 2.38. The molecule has 0 aliphatic heterocycles. The Morgan fingerprint density at radius 1 is 1.35 bits per heavy atom. The van der Waals surface area contributed by atoms with E-state index in [4.69, 9.17) is 23.1 Å². The van der Waals surface area contributed by atoms with Crippen LogP contribution in [0.2, 0.25) is 5.02 Å². The predicted molar refractivity (Wildman–Crippen MR) is 105 cm³/mol. The van der Waals surface area contributed by atoms with Crippen LogP contribution in [0.15, 0.2) is 30.6 Å². The van der Waals surface area contributed by atoms with Crippen molar-refractivity contribution >= 4 is 29.2 Å². The van der Waals surface area contributed by atoms with Crippen LogP contribution >= 0.6 is 11.6 Å². The second-order valence-electron chi connectivity index (χ2n) is 6.27. The van der Waals surface area contributed by atoms with Crippen LogP contribution in [-0.4, -0.2) is 36.3 Å². The Labute approximate surface area is 178 Å². The summed E-state index contributed by atoms with van der Waals surface area (Å²) in [6.07, 6.45) is 2.64. The Kier molecular flexibility index (Phi) is 5.77. The van der Waals surface area contributed by atoms with Crippen LogP contribution in [0.5, 0.6) is 0 Å². The molecular weight excluding hydrogens is 439 g/mol. The SMILES string of the molecule is C#CCn1cc(-c2cnc(C(=O)Nc3ccc(C(=O)O)c(Cl)c3)n2C)c(C(F)(F)F)n1. The van der Waals surface area contributed by atoms with Gasteiger partial charge in [0.2, 0.25) is 0 Å². The summed E-state index contributed by atoms with van der Waals surface area (Å²) in [6.45, 7) is -0.165. The minimum Gasteiger partial charge on any atom is -0.478 e. The molecule has 2 aromatic heterocycles. The molecule has 0 fully saturated rings. The molecule has 3 aromatic rings. The van der Waals surface area contributed by atoms with Crippen molar-refractivity contribution < 1.29 is 27.9 Å². The first kappa shape index (κ1) is 21.9. The number of terminal acetylenes is 1. The quantitative estimate of drug-likeness (QED) is 0.578.